The Bertz CT molecular complexity index is 1320. The lowest BCUT2D eigenvalue weighted by Crippen LogP contribution is -2.48. The van der Waals surface area contributed by atoms with Gasteiger partial charge in [-0.25, -0.2) is 5.43 Å². The molecule has 0 bridgehead atoms. The van der Waals surface area contributed by atoms with Crippen LogP contribution < -0.4 is 15.5 Å². The van der Waals surface area contributed by atoms with E-state index in [1.54, 1.807) is 19.9 Å². The Balaban J connectivity index is 1.65. The number of hydrogen-bond acceptors (Lipinski definition) is 6. The van der Waals surface area contributed by atoms with Crippen LogP contribution in [0.2, 0.25) is 10.0 Å². The first-order valence-electron chi connectivity index (χ1n) is 11.2. The van der Waals surface area contributed by atoms with Crippen LogP contribution in [0.25, 0.3) is 0 Å². The van der Waals surface area contributed by atoms with Gasteiger partial charge in [0.15, 0.2) is 5.75 Å². The Kier molecular flexibility index (Phi) is 9.59. The minimum Gasteiger partial charge on any atom is -0.482 e. The first-order valence-corrected chi connectivity index (χ1v) is 11.9. The summed E-state index contributed by atoms with van der Waals surface area (Å²) in [7, 11) is 0. The van der Waals surface area contributed by atoms with Crippen LogP contribution in [0.4, 0.5) is 5.69 Å². The summed E-state index contributed by atoms with van der Waals surface area (Å²) < 4.78 is 5.62. The van der Waals surface area contributed by atoms with Gasteiger partial charge < -0.3 is 10.1 Å². The van der Waals surface area contributed by atoms with Crippen molar-refractivity contribution in [3.63, 3.8) is 0 Å². The molecule has 9 nitrogen and oxygen atoms in total. The zero-order valence-electron chi connectivity index (χ0n) is 20.0. The predicted octanol–water partition coefficient (Wildman–Crippen LogP) is 5.39. The molecule has 0 saturated heterocycles. The van der Waals surface area contributed by atoms with Gasteiger partial charge in [0.1, 0.15) is 12.6 Å². The first kappa shape index (κ1) is 27.6. The maximum absolute atomic E-state index is 12.7. The van der Waals surface area contributed by atoms with Gasteiger partial charge in [0.2, 0.25) is 0 Å². The highest BCUT2D eigenvalue weighted by atomic mass is 35.5. The average molecular weight is 543 g/mol. The quantitative estimate of drug-likeness (QED) is 0.202. The van der Waals surface area contributed by atoms with Crippen LogP contribution in [-0.4, -0.2) is 29.0 Å². The fourth-order valence-corrected chi connectivity index (χ4v) is 3.55. The predicted molar refractivity (Wildman–Crippen MR) is 142 cm³/mol. The third-order valence-electron chi connectivity index (χ3n) is 5.22. The number of nitrogens with one attached hydrogen (secondary N) is 2. The summed E-state index contributed by atoms with van der Waals surface area (Å²) in [4.78, 5) is 36.3. The van der Waals surface area contributed by atoms with Gasteiger partial charge in [-0.3, -0.25) is 19.7 Å². The van der Waals surface area contributed by atoms with E-state index in [4.69, 9.17) is 27.9 Å². The Morgan fingerprint density at radius 3 is 2.43 bits per heavy atom. The summed E-state index contributed by atoms with van der Waals surface area (Å²) in [6, 6.07) is 17.1. The number of nitro benzene ring substituents is 1. The fourth-order valence-electron chi connectivity index (χ4n) is 3.25. The second-order valence-electron chi connectivity index (χ2n) is 8.32. The minimum absolute atomic E-state index is 0.111. The number of nitro groups is 1. The lowest BCUT2D eigenvalue weighted by molar-refractivity contribution is -0.385. The molecule has 3 rings (SSSR count). The van der Waals surface area contributed by atoms with Gasteiger partial charge in [0.25, 0.3) is 11.8 Å². The molecule has 2 N–H and O–H groups in total. The number of hydrazone groups is 1. The maximum atomic E-state index is 12.7. The zero-order valence-corrected chi connectivity index (χ0v) is 21.5. The number of rotatable bonds is 10. The van der Waals surface area contributed by atoms with Gasteiger partial charge >= 0.3 is 5.69 Å². The van der Waals surface area contributed by atoms with Gasteiger partial charge in [-0.05, 0) is 41.8 Å². The van der Waals surface area contributed by atoms with Gasteiger partial charge in [-0.1, -0.05) is 67.4 Å². The molecular weight excluding hydrogens is 519 g/mol. The van der Waals surface area contributed by atoms with E-state index in [1.165, 1.54) is 36.5 Å². The summed E-state index contributed by atoms with van der Waals surface area (Å²) in [5.41, 5.74) is 3.63. The number of carbonyl (C=O) groups is 2. The Hall–Kier alpha value is -3.95. The summed E-state index contributed by atoms with van der Waals surface area (Å²) in [5.74, 6) is -1.21. The van der Waals surface area contributed by atoms with Crippen LogP contribution in [0.15, 0.2) is 71.8 Å². The number of ether oxygens (including phenoxy) is 1. The molecule has 0 radical (unpaired) electrons. The van der Waals surface area contributed by atoms with Crippen LogP contribution in [0.3, 0.4) is 0 Å². The van der Waals surface area contributed by atoms with Crippen LogP contribution in [0.5, 0.6) is 5.75 Å². The van der Waals surface area contributed by atoms with Crippen LogP contribution in [0.1, 0.15) is 35.3 Å². The Morgan fingerprint density at radius 2 is 1.78 bits per heavy atom. The van der Waals surface area contributed by atoms with Crippen molar-refractivity contribution >= 4 is 46.9 Å². The zero-order chi connectivity index (χ0) is 26.9. The van der Waals surface area contributed by atoms with E-state index >= 15 is 0 Å². The molecule has 0 aliphatic carbocycles. The van der Waals surface area contributed by atoms with Crippen molar-refractivity contribution in [3.05, 3.63) is 104 Å². The molecule has 0 aliphatic heterocycles. The maximum Gasteiger partial charge on any atom is 0.311 e. The Labute approximate surface area is 223 Å². The number of amides is 2. The van der Waals surface area contributed by atoms with Gasteiger partial charge in [-0.2, -0.15) is 5.10 Å². The topological polar surface area (TPSA) is 123 Å². The minimum atomic E-state index is -0.901. The largest absolute Gasteiger partial charge is 0.482 e. The van der Waals surface area contributed by atoms with E-state index in [0.29, 0.717) is 10.6 Å². The highest BCUT2D eigenvalue weighted by Crippen LogP contribution is 2.28. The number of carbonyl (C=O) groups excluding carboxylic acids is 2. The molecule has 0 fully saturated rings. The molecule has 3 aromatic carbocycles. The molecule has 2 amide bonds. The lowest BCUT2D eigenvalue weighted by Gasteiger charge is -2.20. The number of nitrogens with zero attached hydrogens (tertiary/aromatic N) is 2. The van der Waals surface area contributed by atoms with Gasteiger partial charge in [0.05, 0.1) is 21.2 Å². The molecule has 0 saturated carbocycles. The van der Waals surface area contributed by atoms with E-state index in [9.17, 15) is 19.7 Å². The molecule has 1 atom stereocenters. The lowest BCUT2D eigenvalue weighted by atomic mass is 10.0. The second kappa shape index (κ2) is 12.8. The number of halogens is 2. The van der Waals surface area contributed by atoms with Crippen molar-refractivity contribution in [3.8, 4) is 5.75 Å². The normalized spacial score (nSPS) is 11.8. The van der Waals surface area contributed by atoms with Crippen LogP contribution in [-0.2, 0) is 11.4 Å². The molecule has 0 spiro atoms. The standard InChI is InChI=1S/C26H24Cl2N4O5/c1-16(2)24(30-25(33)19-9-10-20(27)21(28)13-19)26(34)31-29-14-18-8-11-23(22(12-18)32(35)36)37-15-17-6-4-3-5-7-17/h3-14,16,24H,15H2,1-2H3,(H,30,33)(H,31,34)/b29-14-. The third-order valence-corrected chi connectivity index (χ3v) is 5.96. The monoisotopic (exact) mass is 542 g/mol. The van der Waals surface area contributed by atoms with Crippen molar-refractivity contribution in [2.45, 2.75) is 26.5 Å². The number of hydrogen-bond donors (Lipinski definition) is 2. The molecule has 0 heterocycles. The van der Waals surface area contributed by atoms with Crippen LogP contribution in [0, 0.1) is 16.0 Å². The van der Waals surface area contributed by atoms with Crippen molar-refractivity contribution in [2.75, 3.05) is 0 Å². The molecule has 1 unspecified atom stereocenters. The molecule has 0 aromatic heterocycles. The molecular formula is C26H24Cl2N4O5. The van der Waals surface area contributed by atoms with Crippen molar-refractivity contribution in [2.24, 2.45) is 11.0 Å². The fraction of sp³-hybridized carbons (Fsp3) is 0.192. The Morgan fingerprint density at radius 1 is 1.05 bits per heavy atom. The average Bonchev–Trinajstić information content (AvgIpc) is 2.88. The molecule has 192 valence electrons. The van der Waals surface area contributed by atoms with E-state index in [-0.39, 0.29) is 34.5 Å². The summed E-state index contributed by atoms with van der Waals surface area (Å²) in [5, 5.41) is 18.6. The van der Waals surface area contributed by atoms with Crippen molar-refractivity contribution < 1.29 is 19.2 Å². The molecule has 37 heavy (non-hydrogen) atoms. The highest BCUT2D eigenvalue weighted by Gasteiger charge is 2.25. The summed E-state index contributed by atoms with van der Waals surface area (Å²) >= 11 is 11.9. The van der Waals surface area contributed by atoms with Crippen LogP contribution >= 0.6 is 23.2 Å². The summed E-state index contributed by atoms with van der Waals surface area (Å²) in [6.07, 6.45) is 1.27. The van der Waals surface area contributed by atoms with E-state index in [1.807, 2.05) is 30.3 Å². The van der Waals surface area contributed by atoms with E-state index < -0.39 is 22.8 Å². The molecule has 11 heteroatoms. The second-order valence-corrected chi connectivity index (χ2v) is 9.13. The summed E-state index contributed by atoms with van der Waals surface area (Å²) in [6.45, 7) is 3.71. The van der Waals surface area contributed by atoms with Gasteiger partial charge in [0, 0.05) is 17.2 Å². The first-order chi connectivity index (χ1) is 17.7. The van der Waals surface area contributed by atoms with E-state index in [0.717, 1.165) is 5.56 Å². The smallest absolute Gasteiger partial charge is 0.311 e. The van der Waals surface area contributed by atoms with Crippen molar-refractivity contribution in [1.82, 2.24) is 10.7 Å². The third kappa shape index (κ3) is 7.77. The molecule has 3 aromatic rings. The van der Waals surface area contributed by atoms with E-state index in [2.05, 4.69) is 15.8 Å². The molecule has 0 aliphatic rings. The number of benzene rings is 3. The highest BCUT2D eigenvalue weighted by molar-refractivity contribution is 6.42. The van der Waals surface area contributed by atoms with Crippen molar-refractivity contribution in [1.29, 1.82) is 0 Å². The van der Waals surface area contributed by atoms with Gasteiger partial charge in [-0.15, -0.1) is 0 Å². The SMILES string of the molecule is CC(C)C(NC(=O)c1ccc(Cl)c(Cl)c1)C(=O)N/N=C\c1ccc(OCc2ccccc2)c([N+](=O)[O-])c1.